The van der Waals surface area contributed by atoms with Gasteiger partial charge in [-0.05, 0) is 55.3 Å². The van der Waals surface area contributed by atoms with Crippen LogP contribution < -0.4 is 10.5 Å². The number of carbonyl (C=O) groups excluding carboxylic acids is 2. The van der Waals surface area contributed by atoms with Crippen molar-refractivity contribution in [1.29, 1.82) is 0 Å². The molecule has 2 aromatic rings. The van der Waals surface area contributed by atoms with Gasteiger partial charge < -0.3 is 10.2 Å². The highest BCUT2D eigenvalue weighted by molar-refractivity contribution is 7.89. The highest BCUT2D eigenvalue weighted by Gasteiger charge is 2.26. The van der Waals surface area contributed by atoms with Gasteiger partial charge in [0.05, 0.1) is 4.90 Å². The SMILES string of the molecule is NS(=O)(=O)c1ccc(NC(=O)C2CCN(C(=O)/C=C/c3c(Cl)cccc3Cl)CC2)cc1. The number of hydrogen-bond donors (Lipinski definition) is 2. The van der Waals surface area contributed by atoms with Crippen molar-refractivity contribution in [2.45, 2.75) is 17.7 Å². The maximum absolute atomic E-state index is 12.5. The fourth-order valence-electron chi connectivity index (χ4n) is 3.26. The molecule has 2 amide bonds. The number of nitrogens with zero attached hydrogens (tertiary/aromatic N) is 1. The Morgan fingerprint density at radius 1 is 1.03 bits per heavy atom. The summed E-state index contributed by atoms with van der Waals surface area (Å²) in [6.07, 6.45) is 4.07. The Kier molecular flexibility index (Phi) is 7.38. The standard InChI is InChI=1S/C21H21Cl2N3O4S/c22-18-2-1-3-19(23)17(18)8-9-20(27)26-12-10-14(11-13-26)21(28)25-15-4-6-16(7-5-15)31(24,29)30/h1-9,14H,10-13H2,(H,25,28)(H2,24,29,30)/b9-8+. The molecule has 0 saturated carbocycles. The Morgan fingerprint density at radius 3 is 2.16 bits per heavy atom. The highest BCUT2D eigenvalue weighted by atomic mass is 35.5. The summed E-state index contributed by atoms with van der Waals surface area (Å²) in [6, 6.07) is 10.8. The summed E-state index contributed by atoms with van der Waals surface area (Å²) in [5.74, 6) is -0.591. The quantitative estimate of drug-likeness (QED) is 0.636. The first-order valence-electron chi connectivity index (χ1n) is 9.50. The molecule has 1 aliphatic heterocycles. The number of rotatable bonds is 5. The number of primary sulfonamides is 1. The Bertz CT molecular complexity index is 1090. The van der Waals surface area contributed by atoms with E-state index in [0.29, 0.717) is 47.2 Å². The molecule has 1 heterocycles. The number of hydrogen-bond acceptors (Lipinski definition) is 4. The lowest BCUT2D eigenvalue weighted by molar-refractivity contribution is -0.130. The second-order valence-corrected chi connectivity index (χ2v) is 9.50. The summed E-state index contributed by atoms with van der Waals surface area (Å²) in [4.78, 5) is 26.6. The maximum atomic E-state index is 12.5. The summed E-state index contributed by atoms with van der Waals surface area (Å²) < 4.78 is 22.6. The van der Waals surface area contributed by atoms with E-state index in [1.165, 1.54) is 30.3 Å². The molecule has 164 valence electrons. The fraction of sp³-hybridized carbons (Fsp3) is 0.238. The Hall–Kier alpha value is -2.39. The van der Waals surface area contributed by atoms with Crippen molar-refractivity contribution in [1.82, 2.24) is 4.90 Å². The van der Waals surface area contributed by atoms with E-state index < -0.39 is 10.0 Å². The van der Waals surface area contributed by atoms with E-state index >= 15 is 0 Å². The van der Waals surface area contributed by atoms with Crippen LogP contribution in [0.4, 0.5) is 5.69 Å². The molecule has 0 unspecified atom stereocenters. The topological polar surface area (TPSA) is 110 Å². The zero-order valence-corrected chi connectivity index (χ0v) is 18.8. The van der Waals surface area contributed by atoms with Crippen molar-refractivity contribution in [3.8, 4) is 0 Å². The molecule has 31 heavy (non-hydrogen) atoms. The molecule has 7 nitrogen and oxygen atoms in total. The minimum atomic E-state index is -3.78. The molecule has 1 aliphatic rings. The number of piperidine rings is 1. The number of anilines is 1. The molecule has 0 bridgehead atoms. The Labute approximate surface area is 190 Å². The van der Waals surface area contributed by atoms with Crippen molar-refractivity contribution in [3.05, 3.63) is 64.1 Å². The third-order valence-electron chi connectivity index (χ3n) is 5.02. The molecule has 10 heteroatoms. The van der Waals surface area contributed by atoms with Gasteiger partial charge in [0, 0.05) is 46.4 Å². The number of nitrogens with two attached hydrogens (primary N) is 1. The van der Waals surface area contributed by atoms with Crippen LogP contribution in [-0.4, -0.2) is 38.2 Å². The van der Waals surface area contributed by atoms with Crippen LogP contribution in [0.25, 0.3) is 6.08 Å². The van der Waals surface area contributed by atoms with E-state index in [9.17, 15) is 18.0 Å². The zero-order valence-electron chi connectivity index (χ0n) is 16.4. The summed E-state index contributed by atoms with van der Waals surface area (Å²) in [5, 5.41) is 8.76. The summed E-state index contributed by atoms with van der Waals surface area (Å²) in [6.45, 7) is 0.893. The van der Waals surface area contributed by atoms with Gasteiger partial charge in [0.1, 0.15) is 0 Å². The third kappa shape index (κ3) is 6.07. The van der Waals surface area contributed by atoms with Crippen molar-refractivity contribution in [2.24, 2.45) is 11.1 Å². The van der Waals surface area contributed by atoms with Crippen LogP contribution >= 0.6 is 23.2 Å². The van der Waals surface area contributed by atoms with Gasteiger partial charge in [-0.15, -0.1) is 0 Å². The number of amides is 2. The minimum absolute atomic E-state index is 0.0246. The van der Waals surface area contributed by atoms with Gasteiger partial charge in [-0.3, -0.25) is 9.59 Å². The summed E-state index contributed by atoms with van der Waals surface area (Å²) >= 11 is 12.2. The Morgan fingerprint density at radius 2 is 1.61 bits per heavy atom. The largest absolute Gasteiger partial charge is 0.339 e. The van der Waals surface area contributed by atoms with E-state index in [-0.39, 0.29) is 22.6 Å². The van der Waals surface area contributed by atoms with Crippen LogP contribution in [0, 0.1) is 5.92 Å². The van der Waals surface area contributed by atoms with Gasteiger partial charge in [0.2, 0.25) is 21.8 Å². The van der Waals surface area contributed by atoms with Crippen LogP contribution in [0.1, 0.15) is 18.4 Å². The lowest BCUT2D eigenvalue weighted by Crippen LogP contribution is -2.40. The molecule has 1 fully saturated rings. The highest BCUT2D eigenvalue weighted by Crippen LogP contribution is 2.26. The van der Waals surface area contributed by atoms with Crippen LogP contribution in [0.3, 0.4) is 0 Å². The number of likely N-dealkylation sites (tertiary alicyclic amines) is 1. The molecule has 3 rings (SSSR count). The van der Waals surface area contributed by atoms with Gasteiger partial charge >= 0.3 is 0 Å². The van der Waals surface area contributed by atoms with Gasteiger partial charge in [-0.2, -0.15) is 0 Å². The predicted octanol–water partition coefficient (Wildman–Crippen LogP) is 3.53. The maximum Gasteiger partial charge on any atom is 0.246 e. The lowest BCUT2D eigenvalue weighted by atomic mass is 9.95. The molecule has 0 spiro atoms. The molecule has 0 aliphatic carbocycles. The van der Waals surface area contributed by atoms with Crippen LogP contribution in [0.5, 0.6) is 0 Å². The molecule has 0 radical (unpaired) electrons. The van der Waals surface area contributed by atoms with E-state index in [1.54, 1.807) is 29.2 Å². The van der Waals surface area contributed by atoms with Gasteiger partial charge in [0.15, 0.2) is 0 Å². The number of halogens is 2. The second-order valence-electron chi connectivity index (χ2n) is 7.13. The van der Waals surface area contributed by atoms with E-state index in [1.807, 2.05) is 0 Å². The number of benzene rings is 2. The van der Waals surface area contributed by atoms with Crippen LogP contribution in [0.15, 0.2) is 53.4 Å². The number of carbonyl (C=O) groups is 2. The second kappa shape index (κ2) is 9.82. The Balaban J connectivity index is 1.53. The van der Waals surface area contributed by atoms with Crippen molar-refractivity contribution < 1.29 is 18.0 Å². The molecule has 2 aromatic carbocycles. The van der Waals surface area contributed by atoms with E-state index in [4.69, 9.17) is 28.3 Å². The smallest absolute Gasteiger partial charge is 0.246 e. The van der Waals surface area contributed by atoms with Crippen molar-refractivity contribution >= 4 is 56.8 Å². The first-order chi connectivity index (χ1) is 14.6. The molecule has 3 N–H and O–H groups in total. The molecule has 1 saturated heterocycles. The molecular formula is C21H21Cl2N3O4S. The van der Waals surface area contributed by atoms with Crippen molar-refractivity contribution in [2.75, 3.05) is 18.4 Å². The fourth-order valence-corrected chi connectivity index (χ4v) is 4.30. The van der Waals surface area contributed by atoms with E-state index in [0.717, 1.165) is 0 Å². The van der Waals surface area contributed by atoms with Crippen LogP contribution in [-0.2, 0) is 19.6 Å². The molecule has 0 aromatic heterocycles. The van der Waals surface area contributed by atoms with Crippen molar-refractivity contribution in [3.63, 3.8) is 0 Å². The van der Waals surface area contributed by atoms with Gasteiger partial charge in [-0.25, -0.2) is 13.6 Å². The lowest BCUT2D eigenvalue weighted by Gasteiger charge is -2.30. The first-order valence-corrected chi connectivity index (χ1v) is 11.8. The van der Waals surface area contributed by atoms with Gasteiger partial charge in [0.25, 0.3) is 0 Å². The number of sulfonamides is 1. The molecule has 0 atom stereocenters. The summed E-state index contributed by atoms with van der Waals surface area (Å²) in [7, 11) is -3.78. The van der Waals surface area contributed by atoms with E-state index in [2.05, 4.69) is 5.32 Å². The average Bonchev–Trinajstić information content (AvgIpc) is 2.73. The normalized spacial score (nSPS) is 15.3. The average molecular weight is 482 g/mol. The predicted molar refractivity (Wildman–Crippen MR) is 121 cm³/mol. The minimum Gasteiger partial charge on any atom is -0.339 e. The van der Waals surface area contributed by atoms with Gasteiger partial charge in [-0.1, -0.05) is 29.3 Å². The first kappa shape index (κ1) is 23.3. The molecular weight excluding hydrogens is 461 g/mol. The zero-order chi connectivity index (χ0) is 22.6. The summed E-state index contributed by atoms with van der Waals surface area (Å²) in [5.41, 5.74) is 1.07. The number of nitrogens with one attached hydrogen (secondary N) is 1. The van der Waals surface area contributed by atoms with Crippen LogP contribution in [0.2, 0.25) is 10.0 Å². The monoisotopic (exact) mass is 481 g/mol. The third-order valence-corrected chi connectivity index (χ3v) is 6.61.